The van der Waals surface area contributed by atoms with E-state index in [1.807, 2.05) is 31.2 Å². The van der Waals surface area contributed by atoms with Crippen LogP contribution in [0.2, 0.25) is 0 Å². The van der Waals surface area contributed by atoms with Crippen molar-refractivity contribution in [3.05, 3.63) is 59.7 Å². The first-order valence-corrected chi connectivity index (χ1v) is 10.5. The Morgan fingerprint density at radius 1 is 1.03 bits per heavy atom. The molecule has 5 heteroatoms. The Balaban J connectivity index is 1.87. The molecule has 29 heavy (non-hydrogen) atoms. The summed E-state index contributed by atoms with van der Waals surface area (Å²) in [5.74, 6) is 1.51. The normalized spacial score (nSPS) is 16.4. The second-order valence-electron chi connectivity index (χ2n) is 8.25. The van der Waals surface area contributed by atoms with Crippen LogP contribution in [0.1, 0.15) is 37.9 Å². The second-order valence-corrected chi connectivity index (χ2v) is 8.25. The molecule has 1 aliphatic rings. The Bertz CT molecular complexity index is 758. The lowest BCUT2D eigenvalue weighted by Gasteiger charge is -2.43. The van der Waals surface area contributed by atoms with E-state index < -0.39 is 0 Å². The topological polar surface area (TPSA) is 54.0 Å². The van der Waals surface area contributed by atoms with Crippen molar-refractivity contribution < 1.29 is 14.6 Å². The fourth-order valence-corrected chi connectivity index (χ4v) is 4.00. The Labute approximate surface area is 174 Å². The molecule has 1 saturated heterocycles. The molecule has 2 aromatic carbocycles. The fourth-order valence-electron chi connectivity index (χ4n) is 4.00. The van der Waals surface area contributed by atoms with Gasteiger partial charge >= 0.3 is 0 Å². The first kappa shape index (κ1) is 21.6. The van der Waals surface area contributed by atoms with E-state index in [1.54, 1.807) is 0 Å². The first-order valence-electron chi connectivity index (χ1n) is 10.5. The van der Waals surface area contributed by atoms with Crippen molar-refractivity contribution >= 4 is 0 Å². The first-order chi connectivity index (χ1) is 14.0. The molecule has 158 valence electrons. The maximum absolute atomic E-state index is 10.1. The van der Waals surface area contributed by atoms with Gasteiger partial charge < -0.3 is 19.9 Å². The van der Waals surface area contributed by atoms with Gasteiger partial charge in [-0.25, -0.2) is 0 Å². The fraction of sp³-hybridized carbons (Fsp3) is 0.500. The van der Waals surface area contributed by atoms with Gasteiger partial charge in [0.1, 0.15) is 6.61 Å². The van der Waals surface area contributed by atoms with E-state index in [9.17, 15) is 5.11 Å². The van der Waals surface area contributed by atoms with E-state index in [-0.39, 0.29) is 18.1 Å². The number of ether oxygens (including phenoxy) is 2. The molecule has 1 heterocycles. The van der Waals surface area contributed by atoms with Gasteiger partial charge in [-0.2, -0.15) is 0 Å². The van der Waals surface area contributed by atoms with Gasteiger partial charge in [-0.3, -0.25) is 4.90 Å². The maximum Gasteiger partial charge on any atom is 0.161 e. The van der Waals surface area contributed by atoms with Gasteiger partial charge in [-0.05, 0) is 30.2 Å². The predicted octanol–water partition coefficient (Wildman–Crippen LogP) is 3.63. The van der Waals surface area contributed by atoms with Gasteiger partial charge in [0.05, 0.1) is 6.61 Å². The van der Waals surface area contributed by atoms with Crippen molar-refractivity contribution in [1.82, 2.24) is 10.2 Å². The van der Waals surface area contributed by atoms with Crippen LogP contribution in [0, 0.1) is 5.41 Å². The third-order valence-electron chi connectivity index (χ3n) is 5.48. The number of hydrogen-bond acceptors (Lipinski definition) is 5. The van der Waals surface area contributed by atoms with E-state index in [0.29, 0.717) is 13.2 Å². The Morgan fingerprint density at radius 2 is 1.76 bits per heavy atom. The molecule has 0 aliphatic carbocycles. The van der Waals surface area contributed by atoms with Crippen LogP contribution in [-0.4, -0.2) is 49.4 Å². The van der Waals surface area contributed by atoms with E-state index in [4.69, 9.17) is 9.47 Å². The summed E-state index contributed by atoms with van der Waals surface area (Å²) in [7, 11) is 0. The zero-order valence-electron chi connectivity index (χ0n) is 17.9. The number of rotatable bonds is 9. The summed E-state index contributed by atoms with van der Waals surface area (Å²) < 4.78 is 12.0. The van der Waals surface area contributed by atoms with Gasteiger partial charge in [-0.1, -0.05) is 50.2 Å². The largest absolute Gasteiger partial charge is 0.490 e. The molecule has 0 radical (unpaired) electrons. The molecular weight excluding hydrogens is 364 g/mol. The number of hydrogen-bond donors (Lipinski definition) is 2. The molecular formula is C24H34N2O3. The molecule has 2 aromatic rings. The molecule has 0 saturated carbocycles. The second kappa shape index (κ2) is 10.1. The lowest BCUT2D eigenvalue weighted by Crippen LogP contribution is -2.49. The summed E-state index contributed by atoms with van der Waals surface area (Å²) in [4.78, 5) is 2.46. The van der Waals surface area contributed by atoms with E-state index in [2.05, 4.69) is 48.3 Å². The van der Waals surface area contributed by atoms with Gasteiger partial charge in [0, 0.05) is 44.2 Å². The molecule has 2 N–H and O–H groups in total. The van der Waals surface area contributed by atoms with E-state index in [1.165, 1.54) is 0 Å². The van der Waals surface area contributed by atoms with Crippen molar-refractivity contribution in [1.29, 1.82) is 0 Å². The summed E-state index contributed by atoms with van der Waals surface area (Å²) in [6.07, 6.45) is 0. The SMILES string of the molecule is CCOc1cc([C@H](N2CCNCC2)C(C)(C)CO)ccc1OCc1ccccc1. The Hall–Kier alpha value is -2.08. The van der Waals surface area contributed by atoms with E-state index in [0.717, 1.165) is 48.8 Å². The number of piperazine rings is 1. The standard InChI is InChI=1S/C24H34N2O3/c1-4-28-22-16-20(10-11-21(22)29-17-19-8-6-5-7-9-19)23(24(2,3)18-27)26-14-12-25-13-15-26/h5-11,16,23,25,27H,4,12-15,17-18H2,1-3H3/t23-/m0/s1. The van der Waals surface area contributed by atoms with E-state index >= 15 is 0 Å². The summed E-state index contributed by atoms with van der Waals surface area (Å²) in [5.41, 5.74) is 2.01. The molecule has 1 atom stereocenters. The van der Waals surface area contributed by atoms with Crippen LogP contribution < -0.4 is 14.8 Å². The zero-order chi connectivity index (χ0) is 20.7. The summed E-state index contributed by atoms with van der Waals surface area (Å²) in [5, 5.41) is 13.5. The Morgan fingerprint density at radius 3 is 2.41 bits per heavy atom. The van der Waals surface area contributed by atoms with Crippen molar-refractivity contribution in [2.24, 2.45) is 5.41 Å². The highest BCUT2D eigenvalue weighted by atomic mass is 16.5. The molecule has 0 aromatic heterocycles. The van der Waals surface area contributed by atoms with Crippen LogP contribution in [-0.2, 0) is 6.61 Å². The average Bonchev–Trinajstić information content (AvgIpc) is 2.75. The summed E-state index contributed by atoms with van der Waals surface area (Å²) in [6, 6.07) is 16.5. The molecule has 0 bridgehead atoms. The number of nitrogens with zero attached hydrogens (tertiary/aromatic N) is 1. The van der Waals surface area contributed by atoms with Crippen molar-refractivity contribution in [2.75, 3.05) is 39.4 Å². The number of aliphatic hydroxyl groups is 1. The molecule has 0 amide bonds. The lowest BCUT2D eigenvalue weighted by atomic mass is 9.79. The van der Waals surface area contributed by atoms with Gasteiger partial charge in [0.2, 0.25) is 0 Å². The zero-order valence-corrected chi connectivity index (χ0v) is 17.9. The van der Waals surface area contributed by atoms with Crippen molar-refractivity contribution in [2.45, 2.75) is 33.4 Å². The van der Waals surface area contributed by atoms with Crippen LogP contribution in [0.3, 0.4) is 0 Å². The Kier molecular flexibility index (Phi) is 7.53. The van der Waals surface area contributed by atoms with Gasteiger partial charge in [0.25, 0.3) is 0 Å². The molecule has 0 unspecified atom stereocenters. The summed E-state index contributed by atoms with van der Waals surface area (Å²) >= 11 is 0. The minimum atomic E-state index is -0.271. The molecule has 1 aliphatic heterocycles. The van der Waals surface area contributed by atoms with Crippen molar-refractivity contribution in [3.8, 4) is 11.5 Å². The van der Waals surface area contributed by atoms with Crippen LogP contribution >= 0.6 is 0 Å². The minimum Gasteiger partial charge on any atom is -0.490 e. The van der Waals surface area contributed by atoms with Crippen LogP contribution in [0.5, 0.6) is 11.5 Å². The molecule has 0 spiro atoms. The van der Waals surface area contributed by atoms with Gasteiger partial charge in [-0.15, -0.1) is 0 Å². The van der Waals surface area contributed by atoms with Crippen LogP contribution in [0.15, 0.2) is 48.5 Å². The lowest BCUT2D eigenvalue weighted by molar-refractivity contribution is 0.0303. The monoisotopic (exact) mass is 398 g/mol. The highest BCUT2D eigenvalue weighted by Gasteiger charge is 2.36. The number of aliphatic hydroxyl groups excluding tert-OH is 1. The third-order valence-corrected chi connectivity index (χ3v) is 5.48. The average molecular weight is 399 g/mol. The molecule has 1 fully saturated rings. The predicted molar refractivity (Wildman–Crippen MR) is 116 cm³/mol. The highest BCUT2D eigenvalue weighted by Crippen LogP contribution is 2.41. The summed E-state index contributed by atoms with van der Waals surface area (Å²) in [6.45, 7) is 11.3. The smallest absolute Gasteiger partial charge is 0.161 e. The van der Waals surface area contributed by atoms with Crippen molar-refractivity contribution in [3.63, 3.8) is 0 Å². The molecule has 5 nitrogen and oxygen atoms in total. The molecule has 3 rings (SSSR count). The maximum atomic E-state index is 10.1. The quantitative estimate of drug-likeness (QED) is 0.676. The number of benzene rings is 2. The van der Waals surface area contributed by atoms with Crippen LogP contribution in [0.4, 0.5) is 0 Å². The number of nitrogens with one attached hydrogen (secondary N) is 1. The minimum absolute atomic E-state index is 0.108. The highest BCUT2D eigenvalue weighted by molar-refractivity contribution is 5.44. The van der Waals surface area contributed by atoms with Gasteiger partial charge in [0.15, 0.2) is 11.5 Å². The van der Waals surface area contributed by atoms with Crippen LogP contribution in [0.25, 0.3) is 0 Å². The third kappa shape index (κ3) is 5.50.